The first-order valence-electron chi connectivity index (χ1n) is 7.69. The highest BCUT2D eigenvalue weighted by atomic mass is 32.2. The van der Waals surface area contributed by atoms with Crippen LogP contribution in [-0.4, -0.2) is 51.5 Å². The molecule has 2 aliphatic heterocycles. The Labute approximate surface area is 149 Å². The van der Waals surface area contributed by atoms with E-state index in [0.717, 1.165) is 16.6 Å². The third kappa shape index (κ3) is 2.95. The molecule has 5 nitrogen and oxygen atoms in total. The summed E-state index contributed by atoms with van der Waals surface area (Å²) in [5.41, 5.74) is 1.67. The van der Waals surface area contributed by atoms with Gasteiger partial charge in [0.25, 0.3) is 5.91 Å². The number of para-hydroxylation sites is 1. The van der Waals surface area contributed by atoms with E-state index in [1.165, 1.54) is 11.8 Å². The van der Waals surface area contributed by atoms with Gasteiger partial charge < -0.3 is 4.74 Å². The van der Waals surface area contributed by atoms with E-state index in [2.05, 4.69) is 4.98 Å². The van der Waals surface area contributed by atoms with Gasteiger partial charge in [0.2, 0.25) is 0 Å². The van der Waals surface area contributed by atoms with Crippen LogP contribution in [0.5, 0.6) is 0 Å². The summed E-state index contributed by atoms with van der Waals surface area (Å²) in [6, 6.07) is 11.9. The molecule has 0 saturated carbocycles. The van der Waals surface area contributed by atoms with Gasteiger partial charge in [0.05, 0.1) is 29.3 Å². The zero-order valence-electron chi connectivity index (χ0n) is 12.8. The normalized spacial score (nSPS) is 21.2. The largest absolute Gasteiger partial charge is 0.379 e. The molecule has 0 unspecified atom stereocenters. The first-order chi connectivity index (χ1) is 11.7. The molecule has 2 aromatic rings. The Bertz CT molecular complexity index is 847. The van der Waals surface area contributed by atoms with E-state index in [0.29, 0.717) is 35.5 Å². The molecule has 24 heavy (non-hydrogen) atoms. The number of hydrazine groups is 1. The standard InChI is InChI=1S/C17H15N3O2S2/c21-16-15(24-17(23)20(16)19-7-9-22-10-8-19)11-13-6-5-12-3-1-2-4-14(12)18-13/h1-6,11H,7-10H2/b15-11+. The second kappa shape index (κ2) is 6.60. The molecule has 4 rings (SSSR count). The fourth-order valence-electron chi connectivity index (χ4n) is 2.75. The highest BCUT2D eigenvalue weighted by Crippen LogP contribution is 2.33. The Morgan fingerprint density at radius 2 is 1.96 bits per heavy atom. The molecule has 2 fully saturated rings. The summed E-state index contributed by atoms with van der Waals surface area (Å²) >= 11 is 6.72. The Morgan fingerprint density at radius 1 is 1.17 bits per heavy atom. The Balaban J connectivity index is 1.62. The van der Waals surface area contributed by atoms with Crippen LogP contribution in [0.3, 0.4) is 0 Å². The molecule has 1 amide bonds. The van der Waals surface area contributed by atoms with Crippen molar-refractivity contribution in [1.82, 2.24) is 15.0 Å². The number of hydrogen-bond donors (Lipinski definition) is 0. The topological polar surface area (TPSA) is 45.7 Å². The fourth-order valence-corrected chi connectivity index (χ4v) is 4.05. The maximum atomic E-state index is 12.7. The minimum absolute atomic E-state index is 0.0816. The lowest BCUT2D eigenvalue weighted by Gasteiger charge is -2.33. The summed E-state index contributed by atoms with van der Waals surface area (Å²) in [5, 5.41) is 4.63. The number of nitrogens with zero attached hydrogens (tertiary/aromatic N) is 3. The van der Waals surface area contributed by atoms with E-state index in [1.54, 1.807) is 5.01 Å². The van der Waals surface area contributed by atoms with Crippen molar-refractivity contribution in [2.45, 2.75) is 0 Å². The predicted molar refractivity (Wildman–Crippen MR) is 99.1 cm³/mol. The molecule has 0 atom stereocenters. The third-order valence-corrected chi connectivity index (χ3v) is 5.23. The van der Waals surface area contributed by atoms with Gasteiger partial charge in [-0.25, -0.2) is 15.0 Å². The highest BCUT2D eigenvalue weighted by molar-refractivity contribution is 8.26. The van der Waals surface area contributed by atoms with Crippen LogP contribution in [0.2, 0.25) is 0 Å². The van der Waals surface area contributed by atoms with Crippen LogP contribution < -0.4 is 0 Å². The molecule has 0 aliphatic carbocycles. The summed E-state index contributed by atoms with van der Waals surface area (Å²) in [6.45, 7) is 2.58. The number of thioether (sulfide) groups is 1. The summed E-state index contributed by atoms with van der Waals surface area (Å²) in [7, 11) is 0. The summed E-state index contributed by atoms with van der Waals surface area (Å²) < 4.78 is 5.90. The molecule has 2 saturated heterocycles. The van der Waals surface area contributed by atoms with Gasteiger partial charge in [0.1, 0.15) is 0 Å². The van der Waals surface area contributed by atoms with Crippen LogP contribution in [0, 0.1) is 0 Å². The fraction of sp³-hybridized carbons (Fsp3) is 0.235. The van der Waals surface area contributed by atoms with Crippen molar-refractivity contribution in [2.75, 3.05) is 26.3 Å². The number of thiocarbonyl (C=S) groups is 1. The lowest BCUT2D eigenvalue weighted by Crippen LogP contribution is -2.50. The maximum Gasteiger partial charge on any atom is 0.281 e. The lowest BCUT2D eigenvalue weighted by molar-refractivity contribution is -0.138. The van der Waals surface area contributed by atoms with Gasteiger partial charge in [0, 0.05) is 18.5 Å². The van der Waals surface area contributed by atoms with Crippen LogP contribution in [0.15, 0.2) is 41.3 Å². The average Bonchev–Trinajstić information content (AvgIpc) is 2.89. The molecule has 0 radical (unpaired) electrons. The zero-order chi connectivity index (χ0) is 16.5. The number of carbonyl (C=O) groups is 1. The minimum Gasteiger partial charge on any atom is -0.379 e. The number of amides is 1. The average molecular weight is 357 g/mol. The van der Waals surface area contributed by atoms with Crippen LogP contribution in [-0.2, 0) is 9.53 Å². The first kappa shape index (κ1) is 15.7. The monoisotopic (exact) mass is 357 g/mol. The lowest BCUT2D eigenvalue weighted by atomic mass is 10.2. The molecule has 1 aromatic carbocycles. The van der Waals surface area contributed by atoms with E-state index < -0.39 is 0 Å². The summed E-state index contributed by atoms with van der Waals surface area (Å²) in [5.74, 6) is -0.0816. The number of hydrogen-bond acceptors (Lipinski definition) is 6. The second-order valence-electron chi connectivity index (χ2n) is 5.49. The Hall–Kier alpha value is -1.80. The molecule has 2 aliphatic rings. The van der Waals surface area contributed by atoms with Crippen molar-refractivity contribution in [1.29, 1.82) is 0 Å². The van der Waals surface area contributed by atoms with Crippen molar-refractivity contribution >= 4 is 51.2 Å². The van der Waals surface area contributed by atoms with Gasteiger partial charge >= 0.3 is 0 Å². The number of rotatable bonds is 2. The Morgan fingerprint density at radius 3 is 2.79 bits per heavy atom. The van der Waals surface area contributed by atoms with Crippen LogP contribution >= 0.6 is 24.0 Å². The van der Waals surface area contributed by atoms with Gasteiger partial charge in [-0.05, 0) is 18.2 Å². The van der Waals surface area contributed by atoms with E-state index in [9.17, 15) is 4.79 Å². The smallest absolute Gasteiger partial charge is 0.281 e. The molecule has 3 heterocycles. The Kier molecular flexibility index (Phi) is 4.32. The van der Waals surface area contributed by atoms with Crippen molar-refractivity contribution in [3.05, 3.63) is 47.0 Å². The van der Waals surface area contributed by atoms with Gasteiger partial charge in [-0.15, -0.1) is 0 Å². The number of fused-ring (bicyclic) bond motifs is 1. The number of benzene rings is 1. The van der Waals surface area contributed by atoms with Gasteiger partial charge in [-0.2, -0.15) is 0 Å². The number of carbonyl (C=O) groups excluding carboxylic acids is 1. The van der Waals surface area contributed by atoms with Crippen molar-refractivity contribution in [2.24, 2.45) is 0 Å². The van der Waals surface area contributed by atoms with Crippen LogP contribution in [0.25, 0.3) is 17.0 Å². The molecular weight excluding hydrogens is 342 g/mol. The third-order valence-electron chi connectivity index (χ3n) is 3.94. The molecule has 7 heteroatoms. The number of aromatic nitrogens is 1. The number of morpholine rings is 1. The SMILES string of the molecule is O=C1/C(=C\c2ccc3ccccc3n2)SC(=S)N1N1CCOCC1. The van der Waals surface area contributed by atoms with E-state index in [1.807, 2.05) is 47.5 Å². The molecule has 0 spiro atoms. The van der Waals surface area contributed by atoms with E-state index in [-0.39, 0.29) is 5.91 Å². The van der Waals surface area contributed by atoms with Crippen LogP contribution in [0.4, 0.5) is 0 Å². The summed E-state index contributed by atoms with van der Waals surface area (Å²) in [4.78, 5) is 17.9. The second-order valence-corrected chi connectivity index (χ2v) is 7.16. The minimum atomic E-state index is -0.0816. The first-order valence-corrected chi connectivity index (χ1v) is 8.91. The quantitative estimate of drug-likeness (QED) is 0.608. The van der Waals surface area contributed by atoms with Crippen LogP contribution in [0.1, 0.15) is 5.69 Å². The van der Waals surface area contributed by atoms with Crippen molar-refractivity contribution in [3.8, 4) is 0 Å². The maximum absolute atomic E-state index is 12.7. The molecule has 1 aromatic heterocycles. The van der Waals surface area contributed by atoms with E-state index >= 15 is 0 Å². The summed E-state index contributed by atoms with van der Waals surface area (Å²) in [6.07, 6.45) is 1.81. The number of ether oxygens (including phenoxy) is 1. The molecule has 0 N–H and O–H groups in total. The predicted octanol–water partition coefficient (Wildman–Crippen LogP) is 2.68. The molecule has 0 bridgehead atoms. The molecule has 122 valence electrons. The highest BCUT2D eigenvalue weighted by Gasteiger charge is 2.37. The van der Waals surface area contributed by atoms with Gasteiger partial charge in [-0.3, -0.25) is 4.79 Å². The van der Waals surface area contributed by atoms with Gasteiger partial charge in [0.15, 0.2) is 4.32 Å². The number of pyridine rings is 1. The molecular formula is C17H15N3O2S2. The van der Waals surface area contributed by atoms with Gasteiger partial charge in [-0.1, -0.05) is 48.2 Å². The zero-order valence-corrected chi connectivity index (χ0v) is 14.5. The van der Waals surface area contributed by atoms with Crippen molar-refractivity contribution < 1.29 is 9.53 Å². The van der Waals surface area contributed by atoms with E-state index in [4.69, 9.17) is 17.0 Å². The van der Waals surface area contributed by atoms with Crippen molar-refractivity contribution in [3.63, 3.8) is 0 Å².